The van der Waals surface area contributed by atoms with Crippen LogP contribution in [-0.4, -0.2) is 24.4 Å². The minimum absolute atomic E-state index is 0.231. The molecule has 1 atom stereocenters. The van der Waals surface area contributed by atoms with E-state index in [1.54, 1.807) is 20.3 Å². The van der Waals surface area contributed by atoms with Crippen molar-refractivity contribution in [3.8, 4) is 11.5 Å². The first-order valence-corrected chi connectivity index (χ1v) is 9.05. The number of ether oxygens (including phenoxy) is 2. The molecule has 1 aromatic heterocycles. The number of H-pyrrole nitrogens is 1. The number of hydrogen-bond donors (Lipinski definition) is 1. The number of nitrogens with zero attached hydrogens (tertiary/aromatic N) is 1. The maximum Gasteiger partial charge on any atom is 0.141 e. The van der Waals surface area contributed by atoms with Crippen molar-refractivity contribution in [3.63, 3.8) is 0 Å². The van der Waals surface area contributed by atoms with Gasteiger partial charge in [-0.15, -0.1) is 0 Å². The number of methoxy groups -OCH3 is 2. The molecule has 0 radical (unpaired) electrons. The summed E-state index contributed by atoms with van der Waals surface area (Å²) >= 11 is 13.2. The zero-order valence-corrected chi connectivity index (χ0v) is 15.3. The second kappa shape index (κ2) is 6.16. The number of nitrogens with one attached hydrogen (secondary N) is 1. The number of halogens is 2. The lowest BCUT2D eigenvalue weighted by atomic mass is 9.82. The second-order valence-corrected chi connectivity index (χ2v) is 7.36. The molecule has 1 N–H and O–H groups in total. The maximum atomic E-state index is 6.58. The van der Waals surface area contributed by atoms with Gasteiger partial charge >= 0.3 is 0 Å². The van der Waals surface area contributed by atoms with Crippen LogP contribution in [0.15, 0.2) is 6.07 Å². The van der Waals surface area contributed by atoms with Crippen LogP contribution in [0.3, 0.4) is 0 Å². The molecule has 0 amide bonds. The summed E-state index contributed by atoms with van der Waals surface area (Å²) < 4.78 is 10.8. The van der Waals surface area contributed by atoms with Crippen LogP contribution in [-0.2, 0) is 12.8 Å². The molecule has 6 heteroatoms. The van der Waals surface area contributed by atoms with Crippen LogP contribution in [0.2, 0.25) is 10.0 Å². The summed E-state index contributed by atoms with van der Waals surface area (Å²) in [6.07, 6.45) is 5.41. The van der Waals surface area contributed by atoms with Gasteiger partial charge in [-0.2, -0.15) is 5.10 Å². The van der Waals surface area contributed by atoms with Gasteiger partial charge in [-0.3, -0.25) is 5.10 Å². The smallest absolute Gasteiger partial charge is 0.141 e. The zero-order chi connectivity index (χ0) is 16.8. The number of fused-ring (bicyclic) bond motifs is 1. The molecule has 24 heavy (non-hydrogen) atoms. The minimum atomic E-state index is 0.231. The Kier molecular flexibility index (Phi) is 4.13. The van der Waals surface area contributed by atoms with Crippen molar-refractivity contribution >= 4 is 23.2 Å². The van der Waals surface area contributed by atoms with Gasteiger partial charge in [0.25, 0.3) is 0 Å². The molecule has 4 rings (SSSR count). The van der Waals surface area contributed by atoms with Crippen LogP contribution >= 0.6 is 23.2 Å². The monoisotopic (exact) mass is 366 g/mol. The number of hydrogen-bond acceptors (Lipinski definition) is 3. The van der Waals surface area contributed by atoms with E-state index < -0.39 is 0 Å². The van der Waals surface area contributed by atoms with Crippen molar-refractivity contribution in [2.24, 2.45) is 0 Å². The first-order chi connectivity index (χ1) is 11.6. The van der Waals surface area contributed by atoms with Crippen LogP contribution in [0.25, 0.3) is 0 Å². The van der Waals surface area contributed by atoms with Crippen molar-refractivity contribution in [1.82, 2.24) is 10.2 Å². The van der Waals surface area contributed by atoms with Gasteiger partial charge in [0.2, 0.25) is 0 Å². The Bertz CT molecular complexity index is 756. The summed E-state index contributed by atoms with van der Waals surface area (Å²) in [5, 5.41) is 8.97. The number of aromatic nitrogens is 2. The fourth-order valence-electron chi connectivity index (χ4n) is 3.74. The van der Waals surface area contributed by atoms with E-state index in [0.717, 1.165) is 24.8 Å². The third-order valence-electron chi connectivity index (χ3n) is 5.16. The van der Waals surface area contributed by atoms with Crippen LogP contribution in [0.1, 0.15) is 53.6 Å². The average molecular weight is 367 g/mol. The van der Waals surface area contributed by atoms with Crippen molar-refractivity contribution in [2.45, 2.75) is 43.9 Å². The quantitative estimate of drug-likeness (QED) is 0.838. The third kappa shape index (κ3) is 2.56. The molecule has 1 saturated carbocycles. The third-order valence-corrected chi connectivity index (χ3v) is 5.94. The SMILES string of the molecule is COc1cc(OC)c(Cl)c(C2CCc3c(C4CC4)n[nH]c3C2)c1Cl. The van der Waals surface area contributed by atoms with E-state index in [4.69, 9.17) is 32.7 Å². The Labute approximate surface area is 151 Å². The minimum Gasteiger partial charge on any atom is -0.495 e. The Balaban J connectivity index is 1.71. The summed E-state index contributed by atoms with van der Waals surface area (Å²) in [5.74, 6) is 2.10. The maximum absolute atomic E-state index is 6.58. The highest BCUT2D eigenvalue weighted by atomic mass is 35.5. The largest absolute Gasteiger partial charge is 0.495 e. The van der Waals surface area contributed by atoms with E-state index in [2.05, 4.69) is 10.2 Å². The van der Waals surface area contributed by atoms with Crippen LogP contribution in [0.5, 0.6) is 11.5 Å². The number of benzene rings is 1. The molecule has 0 aliphatic heterocycles. The highest BCUT2D eigenvalue weighted by molar-refractivity contribution is 6.38. The van der Waals surface area contributed by atoms with Gasteiger partial charge in [0.05, 0.1) is 30.0 Å². The summed E-state index contributed by atoms with van der Waals surface area (Å²) in [5.41, 5.74) is 4.84. The Morgan fingerprint density at radius 2 is 1.71 bits per heavy atom. The van der Waals surface area contributed by atoms with Crippen LogP contribution in [0, 0.1) is 0 Å². The van der Waals surface area contributed by atoms with Crippen molar-refractivity contribution in [3.05, 3.63) is 38.6 Å². The van der Waals surface area contributed by atoms with Gasteiger partial charge in [0, 0.05) is 23.2 Å². The van der Waals surface area contributed by atoms with Gasteiger partial charge in [-0.05, 0) is 43.6 Å². The molecular weight excluding hydrogens is 347 g/mol. The normalized spacial score (nSPS) is 19.9. The molecule has 1 fully saturated rings. The molecule has 4 nitrogen and oxygen atoms in total. The van der Waals surface area contributed by atoms with E-state index in [-0.39, 0.29) is 5.92 Å². The number of aromatic amines is 1. The Morgan fingerprint density at radius 3 is 2.29 bits per heavy atom. The van der Waals surface area contributed by atoms with Gasteiger partial charge in [0.15, 0.2) is 0 Å². The average Bonchev–Trinajstić information content (AvgIpc) is 3.35. The molecule has 2 aliphatic rings. The molecule has 0 bridgehead atoms. The molecule has 128 valence electrons. The van der Waals surface area contributed by atoms with E-state index in [9.17, 15) is 0 Å². The van der Waals surface area contributed by atoms with Gasteiger partial charge < -0.3 is 9.47 Å². The lowest BCUT2D eigenvalue weighted by Crippen LogP contribution is -2.14. The topological polar surface area (TPSA) is 47.1 Å². The Hall–Kier alpha value is -1.39. The lowest BCUT2D eigenvalue weighted by Gasteiger charge is -2.26. The van der Waals surface area contributed by atoms with E-state index in [1.807, 2.05) is 0 Å². The summed E-state index contributed by atoms with van der Waals surface area (Å²) in [6, 6.07) is 1.74. The molecule has 0 saturated heterocycles. The van der Waals surface area contributed by atoms with Crippen molar-refractivity contribution < 1.29 is 9.47 Å². The summed E-state index contributed by atoms with van der Waals surface area (Å²) in [6.45, 7) is 0. The molecule has 2 aliphatic carbocycles. The predicted octanol–water partition coefficient (Wildman–Crippen LogP) is 4.88. The lowest BCUT2D eigenvalue weighted by molar-refractivity contribution is 0.392. The summed E-state index contributed by atoms with van der Waals surface area (Å²) in [7, 11) is 3.21. The van der Waals surface area contributed by atoms with Gasteiger partial charge in [-0.1, -0.05) is 23.2 Å². The summed E-state index contributed by atoms with van der Waals surface area (Å²) in [4.78, 5) is 0. The highest BCUT2D eigenvalue weighted by Crippen LogP contribution is 2.49. The molecule has 1 aromatic carbocycles. The first-order valence-electron chi connectivity index (χ1n) is 8.29. The van der Waals surface area contributed by atoms with Gasteiger partial charge in [0.1, 0.15) is 11.5 Å². The zero-order valence-electron chi connectivity index (χ0n) is 13.8. The Morgan fingerprint density at radius 1 is 1.04 bits per heavy atom. The predicted molar refractivity (Wildman–Crippen MR) is 94.9 cm³/mol. The molecule has 1 heterocycles. The van der Waals surface area contributed by atoms with E-state index in [1.165, 1.54) is 29.8 Å². The van der Waals surface area contributed by atoms with Crippen molar-refractivity contribution in [1.29, 1.82) is 0 Å². The first kappa shape index (κ1) is 16.1. The van der Waals surface area contributed by atoms with Gasteiger partial charge in [-0.25, -0.2) is 0 Å². The van der Waals surface area contributed by atoms with E-state index >= 15 is 0 Å². The molecule has 1 unspecified atom stereocenters. The fraction of sp³-hybridized carbons (Fsp3) is 0.500. The standard InChI is InChI=1S/C18H20Cl2N2O2/c1-23-13-8-14(24-2)17(20)15(16(13)19)10-5-6-11-12(7-10)21-22-18(11)9-3-4-9/h8-10H,3-7H2,1-2H3,(H,21,22). The number of rotatable bonds is 4. The molecule has 2 aromatic rings. The fourth-order valence-corrected chi connectivity index (χ4v) is 4.55. The highest BCUT2D eigenvalue weighted by Gasteiger charge is 2.34. The molecular formula is C18H20Cl2N2O2. The van der Waals surface area contributed by atoms with Crippen LogP contribution < -0.4 is 9.47 Å². The second-order valence-electron chi connectivity index (χ2n) is 6.60. The van der Waals surface area contributed by atoms with Crippen LogP contribution in [0.4, 0.5) is 0 Å². The van der Waals surface area contributed by atoms with E-state index in [0.29, 0.717) is 27.5 Å². The molecule has 0 spiro atoms. The van der Waals surface area contributed by atoms with Crippen molar-refractivity contribution in [2.75, 3.05) is 14.2 Å².